The summed E-state index contributed by atoms with van der Waals surface area (Å²) in [6.07, 6.45) is 9.88. The molecule has 38 heavy (non-hydrogen) atoms. The van der Waals surface area contributed by atoms with E-state index >= 15 is 0 Å². The molecule has 0 saturated heterocycles. The molecule has 0 bridgehead atoms. The van der Waals surface area contributed by atoms with Gasteiger partial charge in [0.2, 0.25) is 0 Å². The van der Waals surface area contributed by atoms with Gasteiger partial charge in [0.05, 0.1) is 5.92 Å². The quantitative estimate of drug-likeness (QED) is 0.449. The zero-order valence-corrected chi connectivity index (χ0v) is 23.9. The molecule has 1 atom stereocenters. The number of hydrogen-bond acceptors (Lipinski definition) is 4. The summed E-state index contributed by atoms with van der Waals surface area (Å²) in [5.41, 5.74) is 8.13. The van der Waals surface area contributed by atoms with E-state index in [4.69, 9.17) is 0 Å². The van der Waals surface area contributed by atoms with E-state index < -0.39 is 0 Å². The normalized spacial score (nSPS) is 18.3. The fraction of sp³-hybridized carbons (Fsp3) is 0.455. The van der Waals surface area contributed by atoms with Gasteiger partial charge in [0.25, 0.3) is 5.91 Å². The minimum absolute atomic E-state index is 0.0591. The molecule has 1 unspecified atom stereocenters. The van der Waals surface area contributed by atoms with Crippen LogP contribution in [0.2, 0.25) is 0 Å². The Hall–Kier alpha value is -3.18. The van der Waals surface area contributed by atoms with Crippen molar-refractivity contribution in [2.45, 2.75) is 65.5 Å². The van der Waals surface area contributed by atoms with Crippen molar-refractivity contribution in [3.05, 3.63) is 76.4 Å². The van der Waals surface area contributed by atoms with E-state index in [0.29, 0.717) is 18.2 Å². The molecule has 1 N–H and O–H groups in total. The van der Waals surface area contributed by atoms with E-state index in [9.17, 15) is 9.59 Å². The first-order valence-corrected chi connectivity index (χ1v) is 13.9. The van der Waals surface area contributed by atoms with Crippen molar-refractivity contribution >= 4 is 17.4 Å². The van der Waals surface area contributed by atoms with Crippen LogP contribution in [-0.4, -0.2) is 50.3 Å². The molecule has 0 spiro atoms. The topological polar surface area (TPSA) is 52.7 Å². The highest BCUT2D eigenvalue weighted by Gasteiger charge is 2.25. The van der Waals surface area contributed by atoms with Crippen LogP contribution in [0.15, 0.2) is 59.7 Å². The third-order valence-electron chi connectivity index (χ3n) is 8.10. The maximum Gasteiger partial charge on any atom is 0.251 e. The second-order valence-electron chi connectivity index (χ2n) is 11.4. The molecule has 2 aromatic carbocycles. The smallest absolute Gasteiger partial charge is 0.251 e. The van der Waals surface area contributed by atoms with Gasteiger partial charge in [0.1, 0.15) is 0 Å². The van der Waals surface area contributed by atoms with Gasteiger partial charge in [-0.25, -0.2) is 0 Å². The summed E-state index contributed by atoms with van der Waals surface area (Å²) >= 11 is 0. The SMILES string of the molecule is CC1=CC(=O)C(CNC(=O)c2cc(-c3ccc(CN(C)C)cc3)cc(N(C)C3CCCCC3)c2C)C(C)=C1. The predicted molar refractivity (Wildman–Crippen MR) is 158 cm³/mol. The molecule has 1 amide bonds. The minimum Gasteiger partial charge on any atom is -0.371 e. The average Bonchev–Trinajstić information content (AvgIpc) is 2.88. The number of carbonyl (C=O) groups is 2. The summed E-state index contributed by atoms with van der Waals surface area (Å²) in [6.45, 7) is 7.15. The second kappa shape index (κ2) is 12.1. The highest BCUT2D eigenvalue weighted by molar-refractivity contribution is 6.00. The van der Waals surface area contributed by atoms with E-state index in [1.807, 2.05) is 26.0 Å². The average molecular weight is 514 g/mol. The number of hydrogen-bond donors (Lipinski definition) is 1. The molecule has 0 aliphatic heterocycles. The van der Waals surface area contributed by atoms with Crippen molar-refractivity contribution in [2.24, 2.45) is 5.92 Å². The Labute approximate surface area is 228 Å². The number of rotatable bonds is 8. The lowest BCUT2D eigenvalue weighted by Crippen LogP contribution is -2.36. The van der Waals surface area contributed by atoms with Crippen LogP contribution in [0.1, 0.15) is 67.4 Å². The Morgan fingerprint density at radius 1 is 0.921 bits per heavy atom. The van der Waals surface area contributed by atoms with Crippen LogP contribution in [0.25, 0.3) is 11.1 Å². The number of nitrogens with zero attached hydrogens (tertiary/aromatic N) is 2. The van der Waals surface area contributed by atoms with Gasteiger partial charge in [-0.05, 0) is 93.7 Å². The van der Waals surface area contributed by atoms with Gasteiger partial charge in [-0.2, -0.15) is 0 Å². The van der Waals surface area contributed by atoms with E-state index in [1.54, 1.807) is 6.08 Å². The Morgan fingerprint density at radius 2 is 1.61 bits per heavy atom. The van der Waals surface area contributed by atoms with Crippen molar-refractivity contribution in [3.8, 4) is 11.1 Å². The summed E-state index contributed by atoms with van der Waals surface area (Å²) in [5.74, 6) is -0.373. The Bertz CT molecular complexity index is 1230. The largest absolute Gasteiger partial charge is 0.371 e. The van der Waals surface area contributed by atoms with Gasteiger partial charge in [-0.15, -0.1) is 0 Å². The van der Waals surface area contributed by atoms with E-state index in [-0.39, 0.29) is 17.6 Å². The first-order chi connectivity index (χ1) is 18.1. The molecule has 4 rings (SSSR count). The van der Waals surface area contributed by atoms with E-state index in [2.05, 4.69) is 73.5 Å². The van der Waals surface area contributed by atoms with Gasteiger partial charge in [0, 0.05) is 37.4 Å². The first kappa shape index (κ1) is 27.8. The van der Waals surface area contributed by atoms with Crippen molar-refractivity contribution in [1.82, 2.24) is 10.2 Å². The monoisotopic (exact) mass is 513 g/mol. The molecular formula is C33H43N3O2. The number of benzene rings is 2. The van der Waals surface area contributed by atoms with Gasteiger partial charge in [0.15, 0.2) is 5.78 Å². The molecule has 0 radical (unpaired) electrons. The molecule has 2 aromatic rings. The van der Waals surface area contributed by atoms with Crippen LogP contribution in [0.5, 0.6) is 0 Å². The Morgan fingerprint density at radius 3 is 2.24 bits per heavy atom. The molecule has 5 nitrogen and oxygen atoms in total. The number of nitrogens with one attached hydrogen (secondary N) is 1. The number of ketones is 1. The molecular weight excluding hydrogens is 470 g/mol. The van der Waals surface area contributed by atoms with E-state index in [1.165, 1.54) is 37.7 Å². The van der Waals surface area contributed by atoms with Crippen molar-refractivity contribution in [3.63, 3.8) is 0 Å². The summed E-state index contributed by atoms with van der Waals surface area (Å²) in [6, 6.07) is 13.4. The molecule has 5 heteroatoms. The van der Waals surface area contributed by atoms with Crippen molar-refractivity contribution in [1.29, 1.82) is 0 Å². The zero-order chi connectivity index (χ0) is 27.4. The zero-order valence-electron chi connectivity index (χ0n) is 23.9. The van der Waals surface area contributed by atoms with Crippen LogP contribution in [0, 0.1) is 12.8 Å². The van der Waals surface area contributed by atoms with Crippen LogP contribution in [0.3, 0.4) is 0 Å². The number of amides is 1. The van der Waals surface area contributed by atoms with Crippen LogP contribution < -0.4 is 10.2 Å². The van der Waals surface area contributed by atoms with Crippen LogP contribution in [-0.2, 0) is 11.3 Å². The standard InChI is InChI=1S/C33H43N3O2/c1-22-16-23(2)30(32(37)17-22)20-34-33(38)29-18-27(26-14-12-25(13-15-26)21-35(4)5)19-31(24(29)3)36(6)28-10-8-7-9-11-28/h12-19,28,30H,7-11,20-21H2,1-6H3,(H,34,38). The van der Waals surface area contributed by atoms with Crippen LogP contribution in [0.4, 0.5) is 5.69 Å². The lowest BCUT2D eigenvalue weighted by Gasteiger charge is -2.34. The highest BCUT2D eigenvalue weighted by atomic mass is 16.2. The second-order valence-corrected chi connectivity index (χ2v) is 11.4. The maximum atomic E-state index is 13.6. The Kier molecular flexibility index (Phi) is 8.88. The van der Waals surface area contributed by atoms with E-state index in [0.717, 1.165) is 40.1 Å². The van der Waals surface area contributed by atoms with Gasteiger partial charge in [-0.1, -0.05) is 55.2 Å². The molecule has 1 fully saturated rings. The Balaban J connectivity index is 1.65. The fourth-order valence-corrected chi connectivity index (χ4v) is 5.90. The first-order valence-electron chi connectivity index (χ1n) is 13.9. The molecule has 0 heterocycles. The number of allylic oxidation sites excluding steroid dienone is 3. The fourth-order valence-electron chi connectivity index (χ4n) is 5.90. The lowest BCUT2D eigenvalue weighted by atomic mass is 9.88. The lowest BCUT2D eigenvalue weighted by molar-refractivity contribution is -0.117. The molecule has 2 aliphatic carbocycles. The van der Waals surface area contributed by atoms with Crippen LogP contribution >= 0.6 is 0 Å². The summed E-state index contributed by atoms with van der Waals surface area (Å²) in [4.78, 5) is 30.8. The summed E-state index contributed by atoms with van der Waals surface area (Å²) in [5, 5.41) is 3.09. The minimum atomic E-state index is -0.306. The molecule has 202 valence electrons. The number of anilines is 1. The number of carbonyl (C=O) groups excluding carboxylic acids is 2. The molecule has 1 saturated carbocycles. The third-order valence-corrected chi connectivity index (χ3v) is 8.10. The predicted octanol–water partition coefficient (Wildman–Crippen LogP) is 6.31. The van der Waals surface area contributed by atoms with Crippen molar-refractivity contribution < 1.29 is 9.59 Å². The van der Waals surface area contributed by atoms with Crippen molar-refractivity contribution in [2.75, 3.05) is 32.6 Å². The highest BCUT2D eigenvalue weighted by Crippen LogP contribution is 2.34. The molecule has 2 aliphatic rings. The summed E-state index contributed by atoms with van der Waals surface area (Å²) in [7, 11) is 6.32. The van der Waals surface area contributed by atoms with Gasteiger partial charge in [-0.3, -0.25) is 9.59 Å². The third kappa shape index (κ3) is 6.44. The summed E-state index contributed by atoms with van der Waals surface area (Å²) < 4.78 is 0. The molecule has 0 aromatic heterocycles. The maximum absolute atomic E-state index is 13.6. The van der Waals surface area contributed by atoms with Gasteiger partial charge >= 0.3 is 0 Å². The van der Waals surface area contributed by atoms with Gasteiger partial charge < -0.3 is 15.1 Å².